The summed E-state index contributed by atoms with van der Waals surface area (Å²) in [5.74, 6) is 0.403. The Bertz CT molecular complexity index is 1640. The SMILES string of the molecule is O=C(NCc1ncccc1C(F)(F)F)c1ccc2c(c1Cl)C1(CCSCC1)C(C1CC1)N2S(=O)(=O)c1ccc(F)cc1. The van der Waals surface area contributed by atoms with Crippen LogP contribution in [-0.2, 0) is 28.2 Å². The fourth-order valence-electron chi connectivity index (χ4n) is 6.35. The second-order valence-electron chi connectivity index (χ2n) is 10.8. The first-order valence-corrected chi connectivity index (χ1v) is 16.4. The Morgan fingerprint density at radius 2 is 1.79 bits per heavy atom. The molecule has 0 bridgehead atoms. The third-order valence-electron chi connectivity index (χ3n) is 8.35. The monoisotopic (exact) mass is 639 g/mol. The van der Waals surface area contributed by atoms with Crippen LogP contribution in [0.4, 0.5) is 23.2 Å². The van der Waals surface area contributed by atoms with Crippen molar-refractivity contribution in [1.82, 2.24) is 10.3 Å². The number of thioether (sulfide) groups is 1. The van der Waals surface area contributed by atoms with Crippen LogP contribution in [0.25, 0.3) is 0 Å². The number of amides is 1. The lowest BCUT2D eigenvalue weighted by molar-refractivity contribution is -0.138. The zero-order valence-electron chi connectivity index (χ0n) is 22.1. The third kappa shape index (κ3) is 4.94. The summed E-state index contributed by atoms with van der Waals surface area (Å²) in [6, 6.07) is 9.31. The maximum Gasteiger partial charge on any atom is 0.418 e. The molecule has 1 saturated carbocycles. The van der Waals surface area contributed by atoms with E-state index in [0.717, 1.165) is 42.5 Å². The van der Waals surface area contributed by atoms with E-state index in [4.69, 9.17) is 11.6 Å². The number of benzene rings is 2. The summed E-state index contributed by atoms with van der Waals surface area (Å²) in [5.41, 5.74) is -0.915. The number of carbonyl (C=O) groups excluding carboxylic acids is 1. The number of aromatic nitrogens is 1. The molecule has 42 heavy (non-hydrogen) atoms. The second kappa shape index (κ2) is 10.7. The van der Waals surface area contributed by atoms with E-state index in [-0.39, 0.29) is 27.1 Å². The molecule has 1 amide bonds. The summed E-state index contributed by atoms with van der Waals surface area (Å²) in [7, 11) is -4.13. The molecular formula is C29H26ClF4N3O3S2. The number of anilines is 1. The summed E-state index contributed by atoms with van der Waals surface area (Å²) in [4.78, 5) is 17.1. The minimum absolute atomic E-state index is 0.0449. The number of nitrogens with one attached hydrogen (secondary N) is 1. The average Bonchev–Trinajstić information content (AvgIpc) is 3.75. The van der Waals surface area contributed by atoms with Gasteiger partial charge in [0.05, 0.1) is 45.0 Å². The van der Waals surface area contributed by atoms with Gasteiger partial charge in [0.1, 0.15) is 5.82 Å². The molecule has 222 valence electrons. The summed E-state index contributed by atoms with van der Waals surface area (Å²) >= 11 is 8.76. The Kier molecular flexibility index (Phi) is 7.46. The van der Waals surface area contributed by atoms with E-state index in [0.29, 0.717) is 24.1 Å². The van der Waals surface area contributed by atoms with E-state index >= 15 is 0 Å². The molecule has 3 aliphatic rings. The first-order chi connectivity index (χ1) is 19.9. The Hall–Kier alpha value is -2.83. The van der Waals surface area contributed by atoms with Crippen LogP contribution in [-0.4, -0.2) is 36.9 Å². The summed E-state index contributed by atoms with van der Waals surface area (Å²) in [6.07, 6.45) is -0.427. The van der Waals surface area contributed by atoms with Crippen molar-refractivity contribution in [3.63, 3.8) is 0 Å². The van der Waals surface area contributed by atoms with Crippen molar-refractivity contribution >= 4 is 45.0 Å². The Morgan fingerprint density at radius 3 is 2.43 bits per heavy atom. The van der Waals surface area contributed by atoms with Gasteiger partial charge in [-0.15, -0.1) is 0 Å². The van der Waals surface area contributed by atoms with Crippen LogP contribution in [0.15, 0.2) is 59.6 Å². The van der Waals surface area contributed by atoms with Crippen LogP contribution in [0.5, 0.6) is 0 Å². The highest BCUT2D eigenvalue weighted by molar-refractivity contribution is 7.99. The fourth-order valence-corrected chi connectivity index (χ4v) is 9.80. The Morgan fingerprint density at radius 1 is 1.10 bits per heavy atom. The molecule has 1 unspecified atom stereocenters. The summed E-state index contributed by atoms with van der Waals surface area (Å²) in [5, 5.41) is 2.61. The molecule has 2 aromatic carbocycles. The van der Waals surface area contributed by atoms with Crippen LogP contribution >= 0.6 is 23.4 Å². The lowest BCUT2D eigenvalue weighted by Crippen LogP contribution is -2.50. The molecule has 6 rings (SSSR count). The van der Waals surface area contributed by atoms with E-state index in [9.17, 15) is 30.8 Å². The van der Waals surface area contributed by atoms with Crippen molar-refractivity contribution in [2.24, 2.45) is 5.92 Å². The zero-order chi connectivity index (χ0) is 29.9. The standard InChI is InChI=1S/C29H26ClF4N3O3S2/c30-25-20(27(38)36-16-22-21(29(32,33)34)2-1-13-35-22)9-10-23-24(25)28(11-14-41-15-12-28)26(17-3-4-17)37(23)42(39,40)19-7-5-18(31)6-8-19/h1-2,5-10,13,17,26H,3-4,11-12,14-16H2,(H,36,38). The highest BCUT2D eigenvalue weighted by Gasteiger charge is 2.60. The molecular weight excluding hydrogens is 614 g/mol. The number of fused-ring (bicyclic) bond motifs is 2. The van der Waals surface area contributed by atoms with Crippen LogP contribution < -0.4 is 9.62 Å². The van der Waals surface area contributed by atoms with Crippen LogP contribution in [0.3, 0.4) is 0 Å². The topological polar surface area (TPSA) is 79.4 Å². The number of alkyl halides is 3. The maximum absolute atomic E-state index is 14.2. The molecule has 1 aromatic heterocycles. The van der Waals surface area contributed by atoms with Gasteiger partial charge in [0.15, 0.2) is 0 Å². The zero-order valence-corrected chi connectivity index (χ0v) is 24.5. The number of rotatable bonds is 6. The number of nitrogens with zero attached hydrogens (tertiary/aromatic N) is 2. The van der Waals surface area contributed by atoms with Gasteiger partial charge in [0, 0.05) is 17.2 Å². The molecule has 13 heteroatoms. The van der Waals surface area contributed by atoms with Gasteiger partial charge in [-0.1, -0.05) is 11.6 Å². The van der Waals surface area contributed by atoms with E-state index in [2.05, 4.69) is 10.3 Å². The van der Waals surface area contributed by atoms with Gasteiger partial charge in [-0.05, 0) is 91.6 Å². The van der Waals surface area contributed by atoms with Crippen molar-refractivity contribution in [1.29, 1.82) is 0 Å². The van der Waals surface area contributed by atoms with Crippen LogP contribution in [0.2, 0.25) is 5.02 Å². The molecule has 6 nitrogen and oxygen atoms in total. The quantitative estimate of drug-likeness (QED) is 0.309. The molecule has 2 aliphatic heterocycles. The molecule has 2 fully saturated rings. The van der Waals surface area contributed by atoms with Crippen molar-refractivity contribution in [2.75, 3.05) is 15.8 Å². The van der Waals surface area contributed by atoms with Crippen molar-refractivity contribution in [2.45, 2.75) is 54.8 Å². The van der Waals surface area contributed by atoms with Crippen LogP contribution in [0, 0.1) is 11.7 Å². The molecule has 0 radical (unpaired) electrons. The van der Waals surface area contributed by atoms with Gasteiger partial charge in [0.2, 0.25) is 0 Å². The van der Waals surface area contributed by atoms with Crippen molar-refractivity contribution in [3.8, 4) is 0 Å². The molecule has 1 N–H and O–H groups in total. The first-order valence-electron chi connectivity index (χ1n) is 13.5. The number of carbonyl (C=O) groups is 1. The van der Waals surface area contributed by atoms with Gasteiger partial charge in [-0.25, -0.2) is 12.8 Å². The summed E-state index contributed by atoms with van der Waals surface area (Å²) < 4.78 is 83.8. The number of sulfonamides is 1. The molecule has 3 aromatic rings. The number of hydrogen-bond acceptors (Lipinski definition) is 5. The van der Waals surface area contributed by atoms with E-state index in [1.54, 1.807) is 17.8 Å². The minimum Gasteiger partial charge on any atom is -0.346 e. The van der Waals surface area contributed by atoms with Gasteiger partial charge < -0.3 is 5.32 Å². The smallest absolute Gasteiger partial charge is 0.346 e. The Balaban J connectivity index is 1.42. The molecule has 1 atom stereocenters. The van der Waals surface area contributed by atoms with Gasteiger partial charge in [-0.2, -0.15) is 24.9 Å². The lowest BCUT2D eigenvalue weighted by Gasteiger charge is -2.42. The van der Waals surface area contributed by atoms with E-state index in [1.807, 2.05) is 0 Å². The van der Waals surface area contributed by atoms with Crippen molar-refractivity contribution in [3.05, 3.63) is 88.0 Å². The maximum atomic E-state index is 14.2. The van der Waals surface area contributed by atoms with Gasteiger partial charge in [0.25, 0.3) is 15.9 Å². The normalized spacial score (nSPS) is 20.0. The lowest BCUT2D eigenvalue weighted by atomic mass is 9.70. The predicted molar refractivity (Wildman–Crippen MR) is 153 cm³/mol. The average molecular weight is 640 g/mol. The van der Waals surface area contributed by atoms with Gasteiger partial charge >= 0.3 is 6.18 Å². The van der Waals surface area contributed by atoms with E-state index in [1.165, 1.54) is 34.8 Å². The van der Waals surface area contributed by atoms with Gasteiger partial charge in [-0.3, -0.25) is 14.1 Å². The predicted octanol–water partition coefficient (Wildman–Crippen LogP) is 6.58. The third-order valence-corrected chi connectivity index (χ3v) is 11.5. The molecule has 1 spiro atoms. The second-order valence-corrected chi connectivity index (χ2v) is 14.2. The fraction of sp³-hybridized carbons (Fsp3) is 0.379. The minimum atomic E-state index is -4.64. The van der Waals surface area contributed by atoms with Crippen LogP contribution in [0.1, 0.15) is 52.9 Å². The summed E-state index contributed by atoms with van der Waals surface area (Å²) in [6.45, 7) is -0.473. The first kappa shape index (κ1) is 29.3. The largest absolute Gasteiger partial charge is 0.418 e. The number of pyridine rings is 1. The molecule has 1 aliphatic carbocycles. The number of halogens is 5. The molecule has 3 heterocycles. The van der Waals surface area contributed by atoms with Crippen molar-refractivity contribution < 1.29 is 30.8 Å². The highest BCUT2D eigenvalue weighted by Crippen LogP contribution is 2.61. The van der Waals surface area contributed by atoms with E-state index < -0.39 is 51.5 Å². The highest BCUT2D eigenvalue weighted by atomic mass is 35.5. The number of hydrogen-bond donors (Lipinski definition) is 1. The molecule has 1 saturated heterocycles. The Labute approximate surface area is 249 Å².